The first-order valence-corrected chi connectivity index (χ1v) is 41.4. The van der Waals surface area contributed by atoms with Gasteiger partial charge in [0.1, 0.15) is 15.6 Å². The molecule has 13 heteroatoms. The van der Waals surface area contributed by atoms with Crippen molar-refractivity contribution in [3.05, 3.63) is 0 Å². The van der Waals surface area contributed by atoms with Crippen LogP contribution in [0.2, 0.25) is 0 Å². The predicted molar refractivity (Wildman–Crippen MR) is 438 cm³/mol. The Morgan fingerprint density at radius 1 is 0.485 bits per heavy atom. The molecule has 0 aliphatic rings. The van der Waals surface area contributed by atoms with Crippen molar-refractivity contribution in [3.8, 4) is 0 Å². The van der Waals surface area contributed by atoms with Gasteiger partial charge in [-0.25, -0.2) is 12.8 Å². The number of carbonyl (C=O) groups is 1. The van der Waals surface area contributed by atoms with Gasteiger partial charge in [-0.1, -0.05) is 296 Å². The molecule has 0 bridgehead atoms. The largest absolute Gasteiger partial charge is 0.396 e. The number of Topliss-reactive ketones (excluding diaryl/α,β-unsaturated/α-hetero) is 1. The highest BCUT2D eigenvalue weighted by atomic mass is 32.2. The van der Waals surface area contributed by atoms with Crippen molar-refractivity contribution in [1.82, 2.24) is 0 Å². The van der Waals surface area contributed by atoms with Gasteiger partial charge < -0.3 is 34.0 Å². The lowest BCUT2D eigenvalue weighted by Crippen LogP contribution is -2.22. The molecule has 0 aliphatic carbocycles. The number of ketones is 1. The Kier molecular flexibility index (Phi) is 76.6. The third-order valence-corrected chi connectivity index (χ3v) is 17.0. The van der Waals surface area contributed by atoms with Gasteiger partial charge in [-0.05, 0) is 149 Å². The monoisotopic (exact) mass is 1440 g/mol. The van der Waals surface area contributed by atoms with E-state index >= 15 is 0 Å². The van der Waals surface area contributed by atoms with E-state index in [1.165, 1.54) is 45.3 Å². The maximum Gasteiger partial charge on any atom is 0.195 e. The second kappa shape index (κ2) is 61.7. The Morgan fingerprint density at radius 2 is 0.835 bits per heavy atom. The minimum atomic E-state index is -2.76. The van der Waals surface area contributed by atoms with Crippen molar-refractivity contribution in [3.63, 3.8) is 0 Å². The minimum absolute atomic E-state index is 0.000000000000000444. The molecule has 0 heterocycles. The van der Waals surface area contributed by atoms with Crippen molar-refractivity contribution in [2.45, 2.75) is 387 Å². The molecule has 0 spiro atoms. The molecule has 10 nitrogen and oxygen atoms in total. The van der Waals surface area contributed by atoms with E-state index in [1.54, 1.807) is 27.4 Å². The van der Waals surface area contributed by atoms with Gasteiger partial charge in [0.05, 0.1) is 25.1 Å². The number of ether oxygens (including phenoxy) is 4. The summed E-state index contributed by atoms with van der Waals surface area (Å²) in [7, 11) is 0.0144. The van der Waals surface area contributed by atoms with Gasteiger partial charge in [0.2, 0.25) is 0 Å². The SMILES string of the molecule is CC(=O)CCC(C)(C)C.CC(C)(C)CCS(C)(=O)=O.CC(F)OCCC(C)(C)C.CCC(C)C(C)(C)C.CCC(CO)C(C)(C)C.CCCC(C)(C)C.CCCC(C)(C)C.CCOCCC(C)(C)C.COC(CO)CC(C)(C)C.COCC(C)C(C)(C)C.CS(=O)CCC(C)(C)C. The topological polar surface area (TPSA) is 146 Å². The van der Waals surface area contributed by atoms with Crippen LogP contribution >= 0.6 is 0 Å². The molecule has 2 N–H and O–H groups in total. The minimum Gasteiger partial charge on any atom is -0.396 e. The van der Waals surface area contributed by atoms with E-state index in [9.17, 15) is 21.8 Å². The molecular formula is C84H187FO10S2. The van der Waals surface area contributed by atoms with Crippen molar-refractivity contribution in [2.75, 3.05) is 77.9 Å². The quantitative estimate of drug-likeness (QED) is 0.100. The summed E-state index contributed by atoms with van der Waals surface area (Å²) in [6.45, 7) is 94.2. The van der Waals surface area contributed by atoms with Crippen LogP contribution in [0.3, 0.4) is 0 Å². The number of aliphatic hydroxyl groups excluding tert-OH is 2. The maximum absolute atomic E-state index is 12.1. The van der Waals surface area contributed by atoms with Crippen LogP contribution in [-0.2, 0) is 44.4 Å². The van der Waals surface area contributed by atoms with Crippen LogP contribution in [0.25, 0.3) is 0 Å². The molecule has 0 radical (unpaired) electrons. The first-order valence-electron chi connectivity index (χ1n) is 37.7. The summed E-state index contributed by atoms with van der Waals surface area (Å²) >= 11 is 0. The lowest BCUT2D eigenvalue weighted by molar-refractivity contribution is -0.117. The van der Waals surface area contributed by atoms with E-state index in [0.717, 1.165) is 82.9 Å². The van der Waals surface area contributed by atoms with E-state index < -0.39 is 27.0 Å². The van der Waals surface area contributed by atoms with Crippen LogP contribution in [0.5, 0.6) is 0 Å². The lowest BCUT2D eigenvalue weighted by atomic mass is 9.80. The number of hydrogen-bond acceptors (Lipinski definition) is 10. The summed E-state index contributed by atoms with van der Waals surface area (Å²) < 4.78 is 64.0. The predicted octanol–water partition coefficient (Wildman–Crippen LogP) is 25.4. The first kappa shape index (κ1) is 120. The Hall–Kier alpha value is -0.540. The third-order valence-electron chi connectivity index (χ3n) is 15.3. The molecule has 6 atom stereocenters. The van der Waals surface area contributed by atoms with E-state index in [-0.39, 0.29) is 34.4 Å². The fourth-order valence-electron chi connectivity index (χ4n) is 7.08. The van der Waals surface area contributed by atoms with Gasteiger partial charge in [-0.2, -0.15) is 0 Å². The van der Waals surface area contributed by atoms with E-state index in [0.29, 0.717) is 74.5 Å². The van der Waals surface area contributed by atoms with Gasteiger partial charge in [0.25, 0.3) is 0 Å². The Bertz CT molecular complexity index is 1750. The molecule has 0 saturated carbocycles. The van der Waals surface area contributed by atoms with Crippen LogP contribution in [0.1, 0.15) is 374 Å². The number of aliphatic hydroxyl groups is 2. The second-order valence-electron chi connectivity index (χ2n) is 40.0. The molecule has 0 rings (SSSR count). The van der Waals surface area contributed by atoms with Crippen molar-refractivity contribution >= 4 is 26.4 Å². The molecule has 6 unspecified atom stereocenters. The number of halogens is 1. The molecule has 0 aliphatic heterocycles. The molecule has 0 fully saturated rings. The van der Waals surface area contributed by atoms with Crippen LogP contribution in [-0.4, -0.2) is 119 Å². The maximum atomic E-state index is 12.1. The van der Waals surface area contributed by atoms with Gasteiger partial charge >= 0.3 is 0 Å². The zero-order valence-electron chi connectivity index (χ0n) is 75.1. The zero-order valence-corrected chi connectivity index (χ0v) is 76.7. The number of carbonyl (C=O) groups excluding carboxylic acids is 1. The second-order valence-corrected chi connectivity index (χ2v) is 43.8. The van der Waals surface area contributed by atoms with E-state index in [1.807, 2.05) is 27.7 Å². The fraction of sp³-hybridized carbons (Fsp3) is 0.988. The number of alkyl halides is 1. The molecule has 0 aromatic heterocycles. The number of methoxy groups -OCH3 is 2. The normalized spacial score (nSPS) is 14.2. The van der Waals surface area contributed by atoms with Crippen molar-refractivity contribution in [1.29, 1.82) is 0 Å². The van der Waals surface area contributed by atoms with E-state index in [4.69, 9.17) is 29.2 Å². The third kappa shape index (κ3) is 146. The van der Waals surface area contributed by atoms with Crippen LogP contribution in [0, 0.1) is 77.3 Å². The van der Waals surface area contributed by atoms with Gasteiger partial charge in [-0.3, -0.25) is 4.21 Å². The average Bonchev–Trinajstić information content (AvgIpc) is 2.00. The van der Waals surface area contributed by atoms with Crippen LogP contribution < -0.4 is 0 Å². The first-order chi connectivity index (χ1) is 42.6. The molecule has 97 heavy (non-hydrogen) atoms. The molecule has 602 valence electrons. The summed E-state index contributed by atoms with van der Waals surface area (Å²) in [5, 5.41) is 17.6. The zero-order chi connectivity index (χ0) is 80.7. The summed E-state index contributed by atoms with van der Waals surface area (Å²) in [5.41, 5.74) is 3.95. The average molecular weight is 1440 g/mol. The van der Waals surface area contributed by atoms with Crippen molar-refractivity contribution < 1.29 is 51.0 Å². The standard InChI is InChI=1S/C8H17FO.C8H18O2.C8H18O.C8H16O.2C8H18O.C8H18.C7H16O2S.C7H16OS.2C7H16/c1-7(9)10-6-5-8(2,3)4;1-8(2,3)5-7(6-9)10-4;1-7(6-9-5)8(2,3)4;1-7(9)5-6-8(2,3)4;1-5-9-7-6-8(2,3)4;1-5-7(6-9)8(2,3)4;1-6-7(2)8(3,4)5;1-7(2,3)5-6-10(4,8)9;1-7(2,3)5-6-9(4)8;2*1-5-6-7(2,3)4/h7H,5-6H2,1-4H3;7,9H,5-6H2,1-4H3;7H,6H2,1-5H3;5-6H2,1-4H3;5-7H2,1-4H3;7,9H,5-6H2,1-4H3;7H,6H2,1-5H3;5-6H2,1-4H3;5-6H2,1-4H3;2*5-6H2,1-4H3. The van der Waals surface area contributed by atoms with E-state index in [2.05, 4.69) is 249 Å². The molecule has 0 saturated heterocycles. The molecule has 0 aromatic rings. The Labute approximate surface area is 615 Å². The molecular weight excluding hydrogens is 1250 g/mol. The lowest BCUT2D eigenvalue weighted by Gasteiger charge is -2.27. The summed E-state index contributed by atoms with van der Waals surface area (Å²) in [5.74, 6) is 3.38. The molecule has 0 aromatic carbocycles. The van der Waals surface area contributed by atoms with Gasteiger partial charge in [-0.15, -0.1) is 0 Å². The number of hydrogen-bond donors (Lipinski definition) is 2. The highest BCUT2D eigenvalue weighted by Crippen LogP contribution is 2.30. The van der Waals surface area contributed by atoms with Gasteiger partial charge in [0, 0.05) is 76.1 Å². The highest BCUT2D eigenvalue weighted by molar-refractivity contribution is 7.90. The van der Waals surface area contributed by atoms with Gasteiger partial charge in [0.15, 0.2) is 6.36 Å². The number of rotatable bonds is 22. The van der Waals surface area contributed by atoms with Crippen molar-refractivity contribution in [2.24, 2.45) is 77.3 Å². The van der Waals surface area contributed by atoms with Crippen LogP contribution in [0.4, 0.5) is 4.39 Å². The Balaban J connectivity index is -0.0000000933. The number of sulfone groups is 1. The smallest absolute Gasteiger partial charge is 0.195 e. The van der Waals surface area contributed by atoms with Crippen LogP contribution in [0.15, 0.2) is 0 Å². The summed E-state index contributed by atoms with van der Waals surface area (Å²) in [6, 6.07) is 0. The summed E-state index contributed by atoms with van der Waals surface area (Å²) in [4.78, 5) is 10.5. The highest BCUT2D eigenvalue weighted by Gasteiger charge is 2.23. The Morgan fingerprint density at radius 3 is 0.948 bits per heavy atom. The fourth-order valence-corrected chi connectivity index (χ4v) is 8.96. The summed E-state index contributed by atoms with van der Waals surface area (Å²) in [6.07, 6.45) is 16.1. The molecule has 0 amide bonds.